The first kappa shape index (κ1) is 7.66. The number of hydrogen-bond donors (Lipinski definition) is 0. The Hall–Kier alpha value is -0.980. The van der Waals surface area contributed by atoms with E-state index in [1.54, 1.807) is 0 Å². The molecule has 0 aromatic heterocycles. The molecular formula is C11H15N. The van der Waals surface area contributed by atoms with E-state index in [0.717, 1.165) is 5.92 Å². The van der Waals surface area contributed by atoms with Gasteiger partial charge in [0, 0.05) is 19.8 Å². The quantitative estimate of drug-likeness (QED) is 0.644. The van der Waals surface area contributed by atoms with Crippen molar-refractivity contribution in [2.45, 2.75) is 18.8 Å². The van der Waals surface area contributed by atoms with E-state index in [4.69, 9.17) is 0 Å². The Balaban J connectivity index is 2.26. The Morgan fingerprint density at radius 2 is 2.00 bits per heavy atom. The molecular weight excluding hydrogens is 146 g/mol. The number of rotatable bonds is 2. The number of anilines is 1. The van der Waals surface area contributed by atoms with E-state index < -0.39 is 0 Å². The van der Waals surface area contributed by atoms with Gasteiger partial charge in [-0.1, -0.05) is 12.1 Å². The Bertz CT molecular complexity index is 257. The smallest absolute Gasteiger partial charge is 0.0363 e. The molecule has 0 aliphatic heterocycles. The minimum Gasteiger partial charge on any atom is -0.378 e. The van der Waals surface area contributed by atoms with Crippen LogP contribution < -0.4 is 4.90 Å². The van der Waals surface area contributed by atoms with Gasteiger partial charge in [0.15, 0.2) is 0 Å². The summed E-state index contributed by atoms with van der Waals surface area (Å²) in [4.78, 5) is 2.16. The first-order chi connectivity index (χ1) is 5.77. The topological polar surface area (TPSA) is 3.24 Å². The summed E-state index contributed by atoms with van der Waals surface area (Å²) in [6.07, 6.45) is 2.77. The van der Waals surface area contributed by atoms with E-state index in [1.807, 2.05) is 0 Å². The third-order valence-electron chi connectivity index (χ3n) is 2.44. The van der Waals surface area contributed by atoms with Crippen molar-refractivity contribution in [1.82, 2.24) is 0 Å². The molecule has 12 heavy (non-hydrogen) atoms. The molecule has 1 aromatic carbocycles. The molecule has 0 bridgehead atoms. The first-order valence-electron chi connectivity index (χ1n) is 4.54. The number of benzene rings is 1. The molecule has 0 atom stereocenters. The van der Waals surface area contributed by atoms with Crippen molar-refractivity contribution >= 4 is 5.69 Å². The van der Waals surface area contributed by atoms with Crippen molar-refractivity contribution in [3.63, 3.8) is 0 Å². The summed E-state index contributed by atoms with van der Waals surface area (Å²) in [5, 5.41) is 0. The second-order valence-electron chi connectivity index (χ2n) is 3.76. The lowest BCUT2D eigenvalue weighted by Crippen LogP contribution is -2.08. The minimum atomic E-state index is 0.866. The number of nitrogens with zero attached hydrogens (tertiary/aromatic N) is 1. The molecule has 1 aliphatic rings. The van der Waals surface area contributed by atoms with Crippen LogP contribution in [0, 0.1) is 0 Å². The molecule has 0 saturated heterocycles. The molecule has 0 spiro atoms. The molecule has 64 valence electrons. The Labute approximate surface area is 74.0 Å². The first-order valence-corrected chi connectivity index (χ1v) is 4.54. The van der Waals surface area contributed by atoms with Crippen molar-refractivity contribution in [3.05, 3.63) is 29.8 Å². The lowest BCUT2D eigenvalue weighted by Gasteiger charge is -2.13. The zero-order valence-electron chi connectivity index (χ0n) is 7.75. The molecule has 1 nitrogen and oxygen atoms in total. The Morgan fingerprint density at radius 1 is 1.25 bits per heavy atom. The van der Waals surface area contributed by atoms with Crippen LogP contribution in [0.4, 0.5) is 5.69 Å². The fourth-order valence-corrected chi connectivity index (χ4v) is 1.47. The predicted octanol–water partition coefficient (Wildman–Crippen LogP) is 2.63. The van der Waals surface area contributed by atoms with Crippen LogP contribution in [0.25, 0.3) is 0 Å². The van der Waals surface area contributed by atoms with Crippen LogP contribution in [0.3, 0.4) is 0 Å². The molecule has 1 aromatic rings. The monoisotopic (exact) mass is 161 g/mol. The maximum atomic E-state index is 2.30. The SMILES string of the molecule is CN(C)c1cccc(C2CC2)c1. The molecule has 1 fully saturated rings. The Kier molecular flexibility index (Phi) is 1.80. The summed E-state index contributed by atoms with van der Waals surface area (Å²) < 4.78 is 0. The maximum absolute atomic E-state index is 2.30. The average molecular weight is 161 g/mol. The zero-order chi connectivity index (χ0) is 8.55. The van der Waals surface area contributed by atoms with Gasteiger partial charge in [0.2, 0.25) is 0 Å². The van der Waals surface area contributed by atoms with Gasteiger partial charge in [-0.3, -0.25) is 0 Å². The second kappa shape index (κ2) is 2.81. The zero-order valence-corrected chi connectivity index (χ0v) is 7.75. The Morgan fingerprint density at radius 3 is 2.58 bits per heavy atom. The molecule has 1 heteroatoms. The summed E-state index contributed by atoms with van der Waals surface area (Å²) in [6.45, 7) is 0. The summed E-state index contributed by atoms with van der Waals surface area (Å²) in [6, 6.07) is 8.86. The van der Waals surface area contributed by atoms with Crippen molar-refractivity contribution in [2.24, 2.45) is 0 Å². The van der Waals surface area contributed by atoms with Gasteiger partial charge < -0.3 is 4.90 Å². The van der Waals surface area contributed by atoms with Crippen molar-refractivity contribution in [1.29, 1.82) is 0 Å². The van der Waals surface area contributed by atoms with E-state index in [0.29, 0.717) is 0 Å². The van der Waals surface area contributed by atoms with E-state index >= 15 is 0 Å². The van der Waals surface area contributed by atoms with Crippen LogP contribution in [0.1, 0.15) is 24.3 Å². The van der Waals surface area contributed by atoms with Gasteiger partial charge in [0.1, 0.15) is 0 Å². The van der Waals surface area contributed by atoms with Gasteiger partial charge in [-0.15, -0.1) is 0 Å². The van der Waals surface area contributed by atoms with E-state index in [-0.39, 0.29) is 0 Å². The van der Waals surface area contributed by atoms with Crippen molar-refractivity contribution in [3.8, 4) is 0 Å². The van der Waals surface area contributed by atoms with Gasteiger partial charge in [-0.2, -0.15) is 0 Å². The molecule has 0 amide bonds. The fraction of sp³-hybridized carbons (Fsp3) is 0.455. The highest BCUT2D eigenvalue weighted by molar-refractivity contribution is 5.48. The summed E-state index contributed by atoms with van der Waals surface area (Å²) >= 11 is 0. The molecule has 0 unspecified atom stereocenters. The van der Waals surface area contributed by atoms with E-state index in [2.05, 4.69) is 43.3 Å². The summed E-state index contributed by atoms with van der Waals surface area (Å²) in [5.41, 5.74) is 2.83. The maximum Gasteiger partial charge on any atom is 0.0363 e. The van der Waals surface area contributed by atoms with Gasteiger partial charge >= 0.3 is 0 Å². The van der Waals surface area contributed by atoms with Crippen molar-refractivity contribution in [2.75, 3.05) is 19.0 Å². The largest absolute Gasteiger partial charge is 0.378 e. The van der Waals surface area contributed by atoms with Crippen LogP contribution >= 0.6 is 0 Å². The molecule has 0 heterocycles. The minimum absolute atomic E-state index is 0.866. The molecule has 2 rings (SSSR count). The molecule has 0 N–H and O–H groups in total. The molecule has 0 radical (unpaired) electrons. The summed E-state index contributed by atoms with van der Waals surface area (Å²) in [7, 11) is 4.18. The fourth-order valence-electron chi connectivity index (χ4n) is 1.47. The lowest BCUT2D eigenvalue weighted by molar-refractivity contribution is 1.09. The van der Waals surface area contributed by atoms with Crippen LogP contribution in [-0.2, 0) is 0 Å². The summed E-state index contributed by atoms with van der Waals surface area (Å²) in [5.74, 6) is 0.866. The normalized spacial score (nSPS) is 16.2. The van der Waals surface area contributed by atoms with Gasteiger partial charge in [0.25, 0.3) is 0 Å². The van der Waals surface area contributed by atoms with Gasteiger partial charge in [-0.25, -0.2) is 0 Å². The molecule has 1 aliphatic carbocycles. The third-order valence-corrected chi connectivity index (χ3v) is 2.44. The van der Waals surface area contributed by atoms with Gasteiger partial charge in [0.05, 0.1) is 0 Å². The second-order valence-corrected chi connectivity index (χ2v) is 3.76. The highest BCUT2D eigenvalue weighted by Crippen LogP contribution is 2.40. The standard InChI is InChI=1S/C11H15N/c1-12(2)11-5-3-4-10(8-11)9-6-7-9/h3-5,8-9H,6-7H2,1-2H3. The lowest BCUT2D eigenvalue weighted by atomic mass is 10.1. The van der Waals surface area contributed by atoms with E-state index in [1.165, 1.54) is 24.1 Å². The van der Waals surface area contributed by atoms with Crippen molar-refractivity contribution < 1.29 is 0 Å². The predicted molar refractivity (Wildman–Crippen MR) is 52.7 cm³/mol. The van der Waals surface area contributed by atoms with Crippen LogP contribution in [-0.4, -0.2) is 14.1 Å². The van der Waals surface area contributed by atoms with Crippen LogP contribution in [0.15, 0.2) is 24.3 Å². The highest BCUT2D eigenvalue weighted by Gasteiger charge is 2.23. The van der Waals surface area contributed by atoms with E-state index in [9.17, 15) is 0 Å². The third kappa shape index (κ3) is 1.45. The van der Waals surface area contributed by atoms with Gasteiger partial charge in [-0.05, 0) is 36.5 Å². The number of hydrogen-bond acceptors (Lipinski definition) is 1. The van der Waals surface area contributed by atoms with Crippen LogP contribution in [0.5, 0.6) is 0 Å². The highest BCUT2D eigenvalue weighted by atomic mass is 15.1. The molecule has 1 saturated carbocycles. The average Bonchev–Trinajstić information content (AvgIpc) is 2.87. The van der Waals surface area contributed by atoms with Crippen LogP contribution in [0.2, 0.25) is 0 Å².